The van der Waals surface area contributed by atoms with E-state index in [1.165, 1.54) is 16.3 Å². The van der Waals surface area contributed by atoms with Crippen molar-refractivity contribution in [1.82, 2.24) is 4.98 Å². The molecule has 0 bridgehead atoms. The lowest BCUT2D eigenvalue weighted by atomic mass is 10.0. The van der Waals surface area contributed by atoms with Gasteiger partial charge in [-0.25, -0.2) is 0 Å². The van der Waals surface area contributed by atoms with E-state index < -0.39 is 0 Å². The summed E-state index contributed by atoms with van der Waals surface area (Å²) in [6, 6.07) is 10.5. The molecule has 0 saturated carbocycles. The van der Waals surface area contributed by atoms with E-state index in [2.05, 4.69) is 53.5 Å². The third-order valence-electron chi connectivity index (χ3n) is 2.75. The van der Waals surface area contributed by atoms with Gasteiger partial charge >= 0.3 is 0 Å². The first-order valence-corrected chi connectivity index (χ1v) is 5.15. The molecular formula is C14H11N. The molecule has 1 heterocycles. The Kier molecular flexibility index (Phi) is 1.88. The first-order chi connectivity index (χ1) is 7.45. The van der Waals surface area contributed by atoms with E-state index in [0.717, 1.165) is 12.1 Å². The average Bonchev–Trinajstić information content (AvgIpc) is 2.82. The maximum atomic E-state index is 4.48. The van der Waals surface area contributed by atoms with Gasteiger partial charge in [0.05, 0.1) is 5.69 Å². The summed E-state index contributed by atoms with van der Waals surface area (Å²) in [5.74, 6) is 0. The highest BCUT2D eigenvalue weighted by molar-refractivity contribution is 5.92. The standard InChI is InChI=1S/C14H11N/c1-2-7-12(6-1)14-13-8-4-3-5-11(13)9-10-15-14/h1-6,8-10H,7H2. The molecule has 0 aliphatic heterocycles. The van der Waals surface area contributed by atoms with Crippen LogP contribution < -0.4 is 0 Å². The van der Waals surface area contributed by atoms with Crippen LogP contribution in [0.1, 0.15) is 12.1 Å². The number of allylic oxidation sites excluding steroid dienone is 4. The third-order valence-corrected chi connectivity index (χ3v) is 2.75. The number of pyridine rings is 1. The summed E-state index contributed by atoms with van der Waals surface area (Å²) in [7, 11) is 0. The predicted molar refractivity (Wildman–Crippen MR) is 63.5 cm³/mol. The van der Waals surface area contributed by atoms with E-state index in [9.17, 15) is 0 Å². The van der Waals surface area contributed by atoms with Crippen LogP contribution in [0.5, 0.6) is 0 Å². The van der Waals surface area contributed by atoms with Gasteiger partial charge in [-0.15, -0.1) is 0 Å². The van der Waals surface area contributed by atoms with Gasteiger partial charge in [0.15, 0.2) is 0 Å². The third kappa shape index (κ3) is 1.37. The molecule has 1 aromatic carbocycles. The number of nitrogens with zero attached hydrogens (tertiary/aromatic N) is 1. The SMILES string of the molecule is C1=CCC(c2nccc3ccccc23)=C1. The van der Waals surface area contributed by atoms with E-state index in [4.69, 9.17) is 0 Å². The monoisotopic (exact) mass is 193 g/mol. The average molecular weight is 193 g/mol. The van der Waals surface area contributed by atoms with Crippen molar-refractivity contribution >= 4 is 16.3 Å². The Bertz CT molecular complexity index is 559. The molecular weight excluding hydrogens is 182 g/mol. The first kappa shape index (κ1) is 8.42. The van der Waals surface area contributed by atoms with E-state index in [-0.39, 0.29) is 0 Å². The molecule has 0 radical (unpaired) electrons. The summed E-state index contributed by atoms with van der Waals surface area (Å²) in [4.78, 5) is 4.48. The number of aromatic nitrogens is 1. The molecule has 0 N–H and O–H groups in total. The van der Waals surface area contributed by atoms with Crippen LogP contribution in [0, 0.1) is 0 Å². The summed E-state index contributed by atoms with van der Waals surface area (Å²) in [5.41, 5.74) is 2.44. The Morgan fingerprint density at radius 3 is 2.87 bits per heavy atom. The molecule has 1 nitrogen and oxygen atoms in total. The maximum absolute atomic E-state index is 4.48. The Balaban J connectivity index is 2.26. The zero-order chi connectivity index (χ0) is 10.1. The van der Waals surface area contributed by atoms with Gasteiger partial charge in [0.1, 0.15) is 0 Å². The summed E-state index contributed by atoms with van der Waals surface area (Å²) in [5, 5.41) is 2.50. The molecule has 0 spiro atoms. The van der Waals surface area contributed by atoms with Crippen molar-refractivity contribution < 1.29 is 0 Å². The lowest BCUT2D eigenvalue weighted by molar-refractivity contribution is 1.27. The Morgan fingerprint density at radius 1 is 1.07 bits per heavy atom. The van der Waals surface area contributed by atoms with Crippen molar-refractivity contribution in [2.75, 3.05) is 0 Å². The number of rotatable bonds is 1. The zero-order valence-corrected chi connectivity index (χ0v) is 8.35. The largest absolute Gasteiger partial charge is 0.256 e. The topological polar surface area (TPSA) is 12.9 Å². The lowest BCUT2D eigenvalue weighted by Crippen LogP contribution is -1.88. The van der Waals surface area contributed by atoms with Gasteiger partial charge in [0.25, 0.3) is 0 Å². The Hall–Kier alpha value is -1.89. The molecule has 0 unspecified atom stereocenters. The fourth-order valence-corrected chi connectivity index (χ4v) is 2.00. The van der Waals surface area contributed by atoms with E-state index in [1.54, 1.807) is 0 Å². The molecule has 0 atom stereocenters. The molecule has 1 aliphatic rings. The van der Waals surface area contributed by atoms with Crippen molar-refractivity contribution in [1.29, 1.82) is 0 Å². The second kappa shape index (κ2) is 3.35. The summed E-state index contributed by atoms with van der Waals surface area (Å²) in [6.07, 6.45) is 9.30. The highest BCUT2D eigenvalue weighted by Crippen LogP contribution is 2.27. The number of fused-ring (bicyclic) bond motifs is 1. The van der Waals surface area contributed by atoms with E-state index >= 15 is 0 Å². The molecule has 72 valence electrons. The molecule has 3 rings (SSSR count). The molecule has 1 aliphatic carbocycles. The summed E-state index contributed by atoms with van der Waals surface area (Å²) < 4.78 is 0. The molecule has 15 heavy (non-hydrogen) atoms. The summed E-state index contributed by atoms with van der Waals surface area (Å²) in [6.45, 7) is 0. The highest BCUT2D eigenvalue weighted by Gasteiger charge is 2.07. The zero-order valence-electron chi connectivity index (χ0n) is 8.35. The van der Waals surface area contributed by atoms with Crippen LogP contribution in [0.15, 0.2) is 54.8 Å². The highest BCUT2D eigenvalue weighted by atomic mass is 14.7. The van der Waals surface area contributed by atoms with Crippen molar-refractivity contribution in [2.24, 2.45) is 0 Å². The quantitative estimate of drug-likeness (QED) is 0.674. The fourth-order valence-electron chi connectivity index (χ4n) is 2.00. The van der Waals surface area contributed by atoms with Gasteiger partial charge in [-0.2, -0.15) is 0 Å². The van der Waals surface area contributed by atoms with Crippen molar-refractivity contribution in [3.8, 4) is 0 Å². The van der Waals surface area contributed by atoms with Gasteiger partial charge < -0.3 is 0 Å². The number of benzene rings is 1. The van der Waals surface area contributed by atoms with Gasteiger partial charge in [0, 0.05) is 11.6 Å². The van der Waals surface area contributed by atoms with Crippen LogP contribution in [0.4, 0.5) is 0 Å². The fraction of sp³-hybridized carbons (Fsp3) is 0.0714. The number of hydrogen-bond donors (Lipinski definition) is 0. The molecule has 1 heteroatoms. The van der Waals surface area contributed by atoms with Crippen LogP contribution in [0.2, 0.25) is 0 Å². The van der Waals surface area contributed by atoms with Crippen LogP contribution in [0.3, 0.4) is 0 Å². The maximum Gasteiger partial charge on any atom is 0.0743 e. The van der Waals surface area contributed by atoms with E-state index in [0.29, 0.717) is 0 Å². The van der Waals surface area contributed by atoms with Gasteiger partial charge in [0.2, 0.25) is 0 Å². The van der Waals surface area contributed by atoms with Crippen molar-refractivity contribution in [2.45, 2.75) is 6.42 Å². The minimum absolute atomic E-state index is 1.00. The van der Waals surface area contributed by atoms with Crippen LogP contribution in [-0.4, -0.2) is 4.98 Å². The van der Waals surface area contributed by atoms with E-state index in [1.807, 2.05) is 6.20 Å². The molecule has 1 aromatic heterocycles. The first-order valence-electron chi connectivity index (χ1n) is 5.15. The predicted octanol–water partition coefficient (Wildman–Crippen LogP) is 3.58. The van der Waals surface area contributed by atoms with Crippen LogP contribution in [0.25, 0.3) is 16.3 Å². The minimum atomic E-state index is 1.00. The van der Waals surface area contributed by atoms with Crippen molar-refractivity contribution in [3.05, 3.63) is 60.5 Å². The second-order valence-corrected chi connectivity index (χ2v) is 3.70. The normalized spacial score (nSPS) is 14.5. The van der Waals surface area contributed by atoms with Crippen LogP contribution >= 0.6 is 0 Å². The van der Waals surface area contributed by atoms with Crippen molar-refractivity contribution in [3.63, 3.8) is 0 Å². The van der Waals surface area contributed by atoms with Gasteiger partial charge in [-0.1, -0.05) is 42.5 Å². The minimum Gasteiger partial charge on any atom is -0.256 e. The Morgan fingerprint density at radius 2 is 2.00 bits per heavy atom. The molecule has 0 amide bonds. The Labute approximate surface area is 88.8 Å². The van der Waals surface area contributed by atoms with Crippen LogP contribution in [-0.2, 0) is 0 Å². The van der Waals surface area contributed by atoms with Gasteiger partial charge in [-0.3, -0.25) is 4.98 Å². The molecule has 0 fully saturated rings. The smallest absolute Gasteiger partial charge is 0.0743 e. The summed E-state index contributed by atoms with van der Waals surface area (Å²) >= 11 is 0. The van der Waals surface area contributed by atoms with Gasteiger partial charge in [-0.05, 0) is 23.4 Å². The molecule has 0 saturated heterocycles. The second-order valence-electron chi connectivity index (χ2n) is 3.70. The molecule has 2 aromatic rings. The lowest BCUT2D eigenvalue weighted by Gasteiger charge is -2.05. The number of hydrogen-bond acceptors (Lipinski definition) is 1.